The molecule has 0 saturated carbocycles. The molecule has 2 atom stereocenters. The van der Waals surface area contributed by atoms with Gasteiger partial charge in [0.05, 0.1) is 12.5 Å². The van der Waals surface area contributed by atoms with E-state index in [4.69, 9.17) is 16.3 Å². The van der Waals surface area contributed by atoms with Crippen LogP contribution < -0.4 is 5.32 Å². The molecule has 0 aliphatic carbocycles. The van der Waals surface area contributed by atoms with Crippen LogP contribution in [-0.2, 0) is 14.3 Å². The number of carbonyl (C=O) groups is 2. The number of ether oxygens (including phenoxy) is 1. The van der Waals surface area contributed by atoms with E-state index in [1.54, 1.807) is 25.1 Å². The van der Waals surface area contributed by atoms with Crippen LogP contribution in [0.25, 0.3) is 0 Å². The summed E-state index contributed by atoms with van der Waals surface area (Å²) in [5.41, 5.74) is 0.986. The Morgan fingerprint density at radius 1 is 1.57 bits per heavy atom. The number of anilines is 1. The SMILES string of the molecule is CCOC(=O)[C@@H](C[N+](=O)[O-])C1C(=O)Nc2cc(Cl)ccc21. The van der Waals surface area contributed by atoms with Crippen LogP contribution in [0.5, 0.6) is 0 Å². The van der Waals surface area contributed by atoms with Gasteiger partial charge in [-0.1, -0.05) is 17.7 Å². The molecule has 1 aliphatic heterocycles. The van der Waals surface area contributed by atoms with Crippen molar-refractivity contribution in [3.05, 3.63) is 38.9 Å². The van der Waals surface area contributed by atoms with E-state index >= 15 is 0 Å². The average Bonchev–Trinajstić information content (AvgIpc) is 2.71. The maximum absolute atomic E-state index is 12.1. The molecule has 1 aromatic rings. The first-order valence-electron chi connectivity index (χ1n) is 6.32. The van der Waals surface area contributed by atoms with Crippen LogP contribution in [0.3, 0.4) is 0 Å². The third kappa shape index (κ3) is 3.13. The lowest BCUT2D eigenvalue weighted by Gasteiger charge is -2.17. The second kappa shape index (κ2) is 6.09. The maximum Gasteiger partial charge on any atom is 0.316 e. The van der Waals surface area contributed by atoms with Crippen LogP contribution in [0.4, 0.5) is 5.69 Å². The first-order valence-corrected chi connectivity index (χ1v) is 6.70. The Bertz CT molecular complexity index is 604. The van der Waals surface area contributed by atoms with Gasteiger partial charge in [0.2, 0.25) is 12.5 Å². The predicted octanol–water partition coefficient (Wildman–Crippen LogP) is 1.83. The van der Waals surface area contributed by atoms with Crippen LogP contribution in [0.2, 0.25) is 5.02 Å². The molecule has 0 spiro atoms. The summed E-state index contributed by atoms with van der Waals surface area (Å²) in [5, 5.41) is 13.8. The van der Waals surface area contributed by atoms with Gasteiger partial charge >= 0.3 is 5.97 Å². The van der Waals surface area contributed by atoms with Gasteiger partial charge in [-0.3, -0.25) is 19.7 Å². The van der Waals surface area contributed by atoms with Gasteiger partial charge in [-0.05, 0) is 24.6 Å². The van der Waals surface area contributed by atoms with Gasteiger partial charge in [0.15, 0.2) is 0 Å². The molecule has 1 unspecified atom stereocenters. The number of benzene rings is 1. The van der Waals surface area contributed by atoms with Crippen LogP contribution in [-0.4, -0.2) is 30.0 Å². The third-order valence-corrected chi connectivity index (χ3v) is 3.46. The summed E-state index contributed by atoms with van der Waals surface area (Å²) in [6.45, 7) is 1.03. The highest BCUT2D eigenvalue weighted by Crippen LogP contribution is 2.39. The van der Waals surface area contributed by atoms with Crippen molar-refractivity contribution >= 4 is 29.2 Å². The number of hydrogen-bond donors (Lipinski definition) is 1. The fourth-order valence-electron chi connectivity index (χ4n) is 2.39. The smallest absolute Gasteiger partial charge is 0.316 e. The molecule has 1 N–H and O–H groups in total. The number of esters is 1. The Hall–Kier alpha value is -2.15. The van der Waals surface area contributed by atoms with Gasteiger partial charge in [0, 0.05) is 15.6 Å². The standard InChI is InChI=1S/C13H13ClN2O5/c1-2-21-13(18)9(6-16(19)20)11-8-4-3-7(14)5-10(8)15-12(11)17/h3-5,9,11H,2,6H2,1H3,(H,15,17)/t9-,11?/m0/s1. The lowest BCUT2D eigenvalue weighted by atomic mass is 9.87. The number of nitrogens with zero attached hydrogens (tertiary/aromatic N) is 1. The zero-order valence-electron chi connectivity index (χ0n) is 11.2. The Kier molecular flexibility index (Phi) is 4.42. The Balaban J connectivity index is 2.38. The minimum absolute atomic E-state index is 0.0921. The van der Waals surface area contributed by atoms with Crippen molar-refractivity contribution in [2.75, 3.05) is 18.5 Å². The summed E-state index contributed by atoms with van der Waals surface area (Å²) in [5.74, 6) is -3.33. The average molecular weight is 313 g/mol. The first-order chi connectivity index (χ1) is 9.93. The molecule has 2 rings (SSSR count). The second-order valence-electron chi connectivity index (χ2n) is 4.57. The van der Waals surface area contributed by atoms with E-state index in [1.165, 1.54) is 0 Å². The van der Waals surface area contributed by atoms with Gasteiger partial charge in [0.25, 0.3) is 0 Å². The molecule has 8 heteroatoms. The highest BCUT2D eigenvalue weighted by Gasteiger charge is 2.44. The molecule has 0 aromatic heterocycles. The molecule has 1 heterocycles. The minimum atomic E-state index is -1.16. The van der Waals surface area contributed by atoms with Crippen molar-refractivity contribution in [1.29, 1.82) is 0 Å². The molecule has 1 amide bonds. The Morgan fingerprint density at radius 3 is 2.90 bits per heavy atom. The monoisotopic (exact) mass is 312 g/mol. The van der Waals surface area contributed by atoms with Crippen molar-refractivity contribution in [3.63, 3.8) is 0 Å². The van der Waals surface area contributed by atoms with Crippen molar-refractivity contribution < 1.29 is 19.2 Å². The number of amides is 1. The summed E-state index contributed by atoms with van der Waals surface area (Å²) in [6.07, 6.45) is 0. The molecule has 21 heavy (non-hydrogen) atoms. The molecule has 0 saturated heterocycles. The minimum Gasteiger partial charge on any atom is -0.466 e. The number of nitro groups is 1. The molecule has 0 bridgehead atoms. The van der Waals surface area contributed by atoms with Crippen molar-refractivity contribution in [3.8, 4) is 0 Å². The summed E-state index contributed by atoms with van der Waals surface area (Å²) in [7, 11) is 0. The topological polar surface area (TPSA) is 98.5 Å². The molecule has 1 aromatic carbocycles. The van der Waals surface area contributed by atoms with E-state index in [-0.39, 0.29) is 6.61 Å². The van der Waals surface area contributed by atoms with E-state index in [9.17, 15) is 19.7 Å². The molecular formula is C13H13ClN2O5. The number of carbonyl (C=O) groups excluding carboxylic acids is 2. The van der Waals surface area contributed by atoms with E-state index in [0.717, 1.165) is 0 Å². The van der Waals surface area contributed by atoms with E-state index in [0.29, 0.717) is 16.3 Å². The van der Waals surface area contributed by atoms with Gasteiger partial charge in [-0.2, -0.15) is 0 Å². The quantitative estimate of drug-likeness (QED) is 0.508. The van der Waals surface area contributed by atoms with Crippen molar-refractivity contribution in [2.45, 2.75) is 12.8 Å². The van der Waals surface area contributed by atoms with Gasteiger partial charge in [0.1, 0.15) is 5.92 Å². The van der Waals surface area contributed by atoms with Gasteiger partial charge in [-0.25, -0.2) is 0 Å². The lowest BCUT2D eigenvalue weighted by molar-refractivity contribution is -0.486. The fraction of sp³-hybridized carbons (Fsp3) is 0.385. The predicted molar refractivity (Wildman–Crippen MR) is 74.8 cm³/mol. The van der Waals surface area contributed by atoms with E-state index < -0.39 is 35.2 Å². The highest BCUT2D eigenvalue weighted by atomic mass is 35.5. The second-order valence-corrected chi connectivity index (χ2v) is 5.01. The number of nitrogens with one attached hydrogen (secondary N) is 1. The first kappa shape index (κ1) is 15.2. The Labute approximate surface area is 125 Å². The molecule has 112 valence electrons. The molecule has 0 radical (unpaired) electrons. The summed E-state index contributed by atoms with van der Waals surface area (Å²) < 4.78 is 4.85. The normalized spacial score (nSPS) is 17.8. The van der Waals surface area contributed by atoms with Crippen molar-refractivity contribution in [2.24, 2.45) is 5.92 Å². The zero-order chi connectivity index (χ0) is 15.6. The van der Waals surface area contributed by atoms with Gasteiger partial charge in [-0.15, -0.1) is 0 Å². The van der Waals surface area contributed by atoms with Crippen molar-refractivity contribution in [1.82, 2.24) is 0 Å². The fourth-order valence-corrected chi connectivity index (χ4v) is 2.56. The number of rotatable bonds is 5. The largest absolute Gasteiger partial charge is 0.466 e. The zero-order valence-corrected chi connectivity index (χ0v) is 11.9. The molecule has 1 aliphatic rings. The summed E-state index contributed by atoms with van der Waals surface area (Å²) in [6, 6.07) is 4.71. The third-order valence-electron chi connectivity index (χ3n) is 3.23. The number of fused-ring (bicyclic) bond motifs is 1. The Morgan fingerprint density at radius 2 is 2.29 bits per heavy atom. The maximum atomic E-state index is 12.1. The number of hydrogen-bond acceptors (Lipinski definition) is 5. The summed E-state index contributed by atoms with van der Waals surface area (Å²) >= 11 is 5.84. The summed E-state index contributed by atoms with van der Waals surface area (Å²) in [4.78, 5) is 34.2. The van der Waals surface area contributed by atoms with Gasteiger partial charge < -0.3 is 10.1 Å². The van der Waals surface area contributed by atoms with Crippen LogP contribution in [0, 0.1) is 16.0 Å². The molecular weight excluding hydrogens is 300 g/mol. The molecule has 7 nitrogen and oxygen atoms in total. The number of halogens is 1. The van der Waals surface area contributed by atoms with E-state index in [2.05, 4.69) is 5.32 Å². The highest BCUT2D eigenvalue weighted by molar-refractivity contribution is 6.31. The molecule has 0 fully saturated rings. The van der Waals surface area contributed by atoms with Crippen LogP contribution in [0.15, 0.2) is 18.2 Å². The van der Waals surface area contributed by atoms with E-state index in [1.807, 2.05) is 0 Å². The van der Waals surface area contributed by atoms with Crippen LogP contribution in [0.1, 0.15) is 18.4 Å². The van der Waals surface area contributed by atoms with Crippen LogP contribution >= 0.6 is 11.6 Å². The lowest BCUT2D eigenvalue weighted by Crippen LogP contribution is -2.34.